The fourth-order valence-electron chi connectivity index (χ4n) is 3.27. The van der Waals surface area contributed by atoms with Gasteiger partial charge in [0.25, 0.3) is 0 Å². The smallest absolute Gasteiger partial charge is 0.246 e. The Balaban J connectivity index is 1.35. The molecule has 0 saturated carbocycles. The number of amides is 1. The van der Waals surface area contributed by atoms with Crippen molar-refractivity contribution in [1.82, 2.24) is 14.8 Å². The van der Waals surface area contributed by atoms with E-state index in [0.717, 1.165) is 52.7 Å². The first-order valence-electron chi connectivity index (χ1n) is 8.96. The Labute approximate surface area is 167 Å². The van der Waals surface area contributed by atoms with Crippen LogP contribution in [0, 0.1) is 0 Å². The summed E-state index contributed by atoms with van der Waals surface area (Å²) in [4.78, 5) is 21.9. The molecule has 0 N–H and O–H groups in total. The summed E-state index contributed by atoms with van der Waals surface area (Å²) in [5, 5.41) is 1.77. The van der Waals surface area contributed by atoms with Gasteiger partial charge in [0.05, 0.1) is 5.02 Å². The number of fused-ring (bicyclic) bond motifs is 1. The minimum atomic E-state index is 0.0459. The third-order valence-electron chi connectivity index (χ3n) is 4.75. The molecule has 1 aromatic carbocycles. The first kappa shape index (κ1) is 18.2. The molecule has 2 aromatic heterocycles. The molecular formula is C21H20ClN3OS. The van der Waals surface area contributed by atoms with Crippen LogP contribution in [0.2, 0.25) is 5.02 Å². The molecule has 4 rings (SSSR count). The van der Waals surface area contributed by atoms with Crippen LogP contribution < -0.4 is 0 Å². The molecule has 1 amide bonds. The topological polar surface area (TPSA) is 36.4 Å². The molecule has 1 aliphatic heterocycles. The minimum absolute atomic E-state index is 0.0459. The highest BCUT2D eigenvalue weighted by Crippen LogP contribution is 2.35. The lowest BCUT2D eigenvalue weighted by Gasteiger charge is -2.34. The molecule has 4 nitrogen and oxygen atoms in total. The second-order valence-corrected chi connectivity index (χ2v) is 8.03. The van der Waals surface area contributed by atoms with E-state index in [1.165, 1.54) is 5.56 Å². The second kappa shape index (κ2) is 8.21. The van der Waals surface area contributed by atoms with Crippen molar-refractivity contribution < 1.29 is 4.79 Å². The van der Waals surface area contributed by atoms with Crippen molar-refractivity contribution in [3.05, 3.63) is 70.3 Å². The summed E-state index contributed by atoms with van der Waals surface area (Å²) in [6.07, 6.45) is 7.18. The number of hydrogen-bond donors (Lipinski definition) is 0. The van der Waals surface area contributed by atoms with E-state index >= 15 is 0 Å². The van der Waals surface area contributed by atoms with Gasteiger partial charge in [0.15, 0.2) is 0 Å². The summed E-state index contributed by atoms with van der Waals surface area (Å²) in [5.41, 5.74) is 1.21. The highest BCUT2D eigenvalue weighted by atomic mass is 35.5. The molecule has 0 radical (unpaired) electrons. The molecule has 3 aromatic rings. The lowest BCUT2D eigenvalue weighted by molar-refractivity contribution is -0.127. The number of benzene rings is 1. The summed E-state index contributed by atoms with van der Waals surface area (Å²) >= 11 is 8.06. The van der Waals surface area contributed by atoms with Gasteiger partial charge in [0.2, 0.25) is 5.91 Å². The SMILES string of the molecule is O=C(/C=C/c1sc2ccccc2c1Cl)N1CCN(Cc2cccnc2)CC1. The van der Waals surface area contributed by atoms with Crippen LogP contribution in [0.25, 0.3) is 16.2 Å². The van der Waals surface area contributed by atoms with E-state index in [-0.39, 0.29) is 5.91 Å². The van der Waals surface area contributed by atoms with Crippen molar-refractivity contribution in [2.45, 2.75) is 6.54 Å². The largest absolute Gasteiger partial charge is 0.337 e. The normalized spacial score (nSPS) is 15.7. The second-order valence-electron chi connectivity index (χ2n) is 6.57. The van der Waals surface area contributed by atoms with Crippen molar-refractivity contribution >= 4 is 45.0 Å². The van der Waals surface area contributed by atoms with Crippen LogP contribution in [0.1, 0.15) is 10.4 Å². The standard InChI is InChI=1S/C21H20ClN3OS/c22-21-17-5-1-2-6-18(17)27-19(21)7-8-20(26)25-12-10-24(11-13-25)15-16-4-3-9-23-14-16/h1-9,14H,10-13,15H2/b8-7+. The van der Waals surface area contributed by atoms with Crippen LogP contribution >= 0.6 is 22.9 Å². The van der Waals surface area contributed by atoms with Gasteiger partial charge in [-0.2, -0.15) is 0 Å². The highest BCUT2D eigenvalue weighted by molar-refractivity contribution is 7.20. The van der Waals surface area contributed by atoms with Crippen LogP contribution in [0.4, 0.5) is 0 Å². The van der Waals surface area contributed by atoms with Crippen molar-refractivity contribution in [2.75, 3.05) is 26.2 Å². The zero-order valence-corrected chi connectivity index (χ0v) is 16.4. The molecule has 0 unspecified atom stereocenters. The molecule has 6 heteroatoms. The number of pyridine rings is 1. The van der Waals surface area contributed by atoms with Crippen molar-refractivity contribution in [3.8, 4) is 0 Å². The highest BCUT2D eigenvalue weighted by Gasteiger charge is 2.19. The maximum absolute atomic E-state index is 12.5. The molecule has 0 aliphatic carbocycles. The van der Waals surface area contributed by atoms with E-state index < -0.39 is 0 Å². The maximum Gasteiger partial charge on any atom is 0.246 e. The number of hydrogen-bond acceptors (Lipinski definition) is 4. The molecule has 3 heterocycles. The average Bonchev–Trinajstić information content (AvgIpc) is 3.03. The maximum atomic E-state index is 12.5. The van der Waals surface area contributed by atoms with Gasteiger partial charge in [-0.3, -0.25) is 14.7 Å². The van der Waals surface area contributed by atoms with Gasteiger partial charge >= 0.3 is 0 Å². The first-order chi connectivity index (χ1) is 13.2. The predicted octanol–water partition coefficient (Wildman–Crippen LogP) is 4.31. The molecule has 0 atom stereocenters. The zero-order chi connectivity index (χ0) is 18.6. The summed E-state index contributed by atoms with van der Waals surface area (Å²) < 4.78 is 1.14. The number of carbonyl (C=O) groups excluding carboxylic acids is 1. The molecule has 27 heavy (non-hydrogen) atoms. The van der Waals surface area contributed by atoms with E-state index in [4.69, 9.17) is 11.6 Å². The Hall–Kier alpha value is -2.21. The number of halogens is 1. The van der Waals surface area contributed by atoms with Crippen LogP contribution in [0.15, 0.2) is 54.9 Å². The lowest BCUT2D eigenvalue weighted by Crippen LogP contribution is -2.47. The lowest BCUT2D eigenvalue weighted by atomic mass is 10.2. The zero-order valence-electron chi connectivity index (χ0n) is 14.8. The van der Waals surface area contributed by atoms with Gasteiger partial charge in [0, 0.05) is 66.2 Å². The van der Waals surface area contributed by atoms with E-state index in [1.54, 1.807) is 23.6 Å². The molecule has 1 saturated heterocycles. The number of thiophene rings is 1. The number of rotatable bonds is 4. The first-order valence-corrected chi connectivity index (χ1v) is 10.2. The molecule has 1 aliphatic rings. The summed E-state index contributed by atoms with van der Waals surface area (Å²) in [5.74, 6) is 0.0459. The molecular weight excluding hydrogens is 378 g/mol. The third-order valence-corrected chi connectivity index (χ3v) is 6.41. The minimum Gasteiger partial charge on any atom is -0.337 e. The quantitative estimate of drug-likeness (QED) is 0.615. The average molecular weight is 398 g/mol. The van der Waals surface area contributed by atoms with Crippen molar-refractivity contribution in [2.24, 2.45) is 0 Å². The molecule has 0 spiro atoms. The Morgan fingerprint density at radius 1 is 1.15 bits per heavy atom. The Morgan fingerprint density at radius 3 is 2.70 bits per heavy atom. The third kappa shape index (κ3) is 4.21. The van der Waals surface area contributed by atoms with Gasteiger partial charge in [-0.15, -0.1) is 11.3 Å². The summed E-state index contributed by atoms with van der Waals surface area (Å²) in [6, 6.07) is 12.1. The summed E-state index contributed by atoms with van der Waals surface area (Å²) in [7, 11) is 0. The monoisotopic (exact) mass is 397 g/mol. The van der Waals surface area contributed by atoms with Crippen molar-refractivity contribution in [1.29, 1.82) is 0 Å². The molecule has 1 fully saturated rings. The van der Waals surface area contributed by atoms with Crippen LogP contribution in [0.3, 0.4) is 0 Å². The van der Waals surface area contributed by atoms with E-state index in [2.05, 4.69) is 16.0 Å². The van der Waals surface area contributed by atoms with E-state index in [0.29, 0.717) is 0 Å². The van der Waals surface area contributed by atoms with Gasteiger partial charge < -0.3 is 4.90 Å². The Morgan fingerprint density at radius 2 is 1.96 bits per heavy atom. The fraction of sp³-hybridized carbons (Fsp3) is 0.238. The van der Waals surface area contributed by atoms with Gasteiger partial charge in [-0.25, -0.2) is 0 Å². The van der Waals surface area contributed by atoms with Crippen LogP contribution in [-0.4, -0.2) is 46.9 Å². The van der Waals surface area contributed by atoms with Gasteiger partial charge in [-0.05, 0) is 23.8 Å². The predicted molar refractivity (Wildman–Crippen MR) is 112 cm³/mol. The van der Waals surface area contributed by atoms with E-state index in [9.17, 15) is 4.79 Å². The molecule has 0 bridgehead atoms. The number of piperazine rings is 1. The number of carbonyl (C=O) groups is 1. The summed E-state index contributed by atoms with van der Waals surface area (Å²) in [6.45, 7) is 4.10. The Bertz CT molecular complexity index is 962. The molecule has 138 valence electrons. The number of nitrogens with zero attached hydrogens (tertiary/aromatic N) is 3. The fourth-order valence-corrected chi connectivity index (χ4v) is 4.67. The van der Waals surface area contributed by atoms with E-state index in [1.807, 2.05) is 47.5 Å². The number of aromatic nitrogens is 1. The van der Waals surface area contributed by atoms with Gasteiger partial charge in [0.1, 0.15) is 0 Å². The van der Waals surface area contributed by atoms with Gasteiger partial charge in [-0.1, -0.05) is 35.9 Å². The van der Waals surface area contributed by atoms with Crippen LogP contribution in [0.5, 0.6) is 0 Å². The Kier molecular flexibility index (Phi) is 5.53. The van der Waals surface area contributed by atoms with Crippen LogP contribution in [-0.2, 0) is 11.3 Å². The van der Waals surface area contributed by atoms with Crippen molar-refractivity contribution in [3.63, 3.8) is 0 Å².